The normalized spacial score (nSPS) is 10.5. The molecule has 3 N–H and O–H groups in total. The van der Waals surface area contributed by atoms with Gasteiger partial charge in [0.05, 0.1) is 24.0 Å². The van der Waals surface area contributed by atoms with Crippen LogP contribution in [0, 0.1) is 0 Å². The maximum atomic E-state index is 12.1. The number of H-pyrrole nitrogens is 1. The zero-order valence-electron chi connectivity index (χ0n) is 14.9. The van der Waals surface area contributed by atoms with Crippen LogP contribution in [-0.2, 0) is 4.79 Å². The van der Waals surface area contributed by atoms with Gasteiger partial charge in [0.2, 0.25) is 5.91 Å². The molecule has 3 aromatic rings. The topological polar surface area (TPSA) is 96.1 Å². The van der Waals surface area contributed by atoms with E-state index in [1.165, 1.54) is 0 Å². The van der Waals surface area contributed by atoms with Crippen molar-refractivity contribution in [1.82, 2.24) is 20.6 Å². The average Bonchev–Trinajstić information content (AvgIpc) is 3.17. The molecule has 0 atom stereocenters. The fraction of sp³-hybridized carbons (Fsp3) is 0.250. The summed E-state index contributed by atoms with van der Waals surface area (Å²) in [7, 11) is 0. The molecular weight excluding hydrogens is 344 g/mol. The van der Waals surface area contributed by atoms with Crippen LogP contribution >= 0.6 is 0 Å². The quantitative estimate of drug-likeness (QED) is 0.506. The Labute approximate surface area is 157 Å². The molecule has 140 valence electrons. The molecule has 1 aromatic heterocycles. The van der Waals surface area contributed by atoms with Crippen LogP contribution in [0.25, 0.3) is 11.0 Å². The molecule has 0 saturated carbocycles. The van der Waals surface area contributed by atoms with Crippen LogP contribution in [0.5, 0.6) is 5.75 Å². The van der Waals surface area contributed by atoms with Gasteiger partial charge < -0.3 is 20.4 Å². The highest BCUT2D eigenvalue weighted by molar-refractivity contribution is 5.97. The van der Waals surface area contributed by atoms with Crippen LogP contribution in [0.2, 0.25) is 0 Å². The van der Waals surface area contributed by atoms with E-state index < -0.39 is 0 Å². The van der Waals surface area contributed by atoms with Crippen molar-refractivity contribution in [1.29, 1.82) is 0 Å². The highest BCUT2D eigenvalue weighted by Gasteiger charge is 2.07. The summed E-state index contributed by atoms with van der Waals surface area (Å²) in [6.45, 7) is 1.24. The van der Waals surface area contributed by atoms with Crippen LogP contribution < -0.4 is 15.4 Å². The lowest BCUT2D eigenvalue weighted by molar-refractivity contribution is -0.121. The first-order valence-corrected chi connectivity index (χ1v) is 8.88. The minimum absolute atomic E-state index is 0.0557. The maximum absolute atomic E-state index is 12.1. The standard InChI is InChI=1S/C20H22N4O3/c25-19(7-4-12-27-16-5-2-1-3-6-16)21-10-11-22-20(26)15-8-9-17-18(13-15)24-14-23-17/h1-3,5-6,8-9,13-14H,4,7,10-12H2,(H,21,25)(H,22,26)(H,23,24). The Hall–Kier alpha value is -3.35. The van der Waals surface area contributed by atoms with E-state index >= 15 is 0 Å². The van der Waals surface area contributed by atoms with Gasteiger partial charge in [-0.1, -0.05) is 18.2 Å². The Morgan fingerprint density at radius 1 is 1.04 bits per heavy atom. The van der Waals surface area contributed by atoms with Gasteiger partial charge in [-0.15, -0.1) is 0 Å². The van der Waals surface area contributed by atoms with E-state index in [2.05, 4.69) is 20.6 Å². The average molecular weight is 366 g/mol. The molecule has 3 rings (SSSR count). The predicted octanol–water partition coefficient (Wildman–Crippen LogP) is 2.27. The van der Waals surface area contributed by atoms with E-state index in [9.17, 15) is 9.59 Å². The summed E-state index contributed by atoms with van der Waals surface area (Å²) in [5.74, 6) is 0.561. The Morgan fingerprint density at radius 2 is 1.85 bits per heavy atom. The largest absolute Gasteiger partial charge is 0.494 e. The fourth-order valence-corrected chi connectivity index (χ4v) is 2.58. The summed E-state index contributed by atoms with van der Waals surface area (Å²) in [5.41, 5.74) is 2.18. The zero-order chi connectivity index (χ0) is 18.9. The monoisotopic (exact) mass is 366 g/mol. The van der Waals surface area contributed by atoms with Crippen molar-refractivity contribution >= 4 is 22.8 Å². The highest BCUT2D eigenvalue weighted by atomic mass is 16.5. The Bertz CT molecular complexity index is 892. The number of rotatable bonds is 9. The number of para-hydroxylation sites is 1. The molecule has 0 spiro atoms. The molecule has 2 amide bonds. The molecule has 0 aliphatic heterocycles. The predicted molar refractivity (Wildman–Crippen MR) is 103 cm³/mol. The Morgan fingerprint density at radius 3 is 2.70 bits per heavy atom. The summed E-state index contributed by atoms with van der Waals surface area (Å²) < 4.78 is 5.54. The smallest absolute Gasteiger partial charge is 0.251 e. The molecule has 0 aliphatic rings. The number of fused-ring (bicyclic) bond motifs is 1. The van der Waals surface area contributed by atoms with Gasteiger partial charge in [-0.2, -0.15) is 0 Å². The second-order valence-corrected chi connectivity index (χ2v) is 6.01. The van der Waals surface area contributed by atoms with E-state index in [4.69, 9.17) is 4.74 Å². The lowest BCUT2D eigenvalue weighted by atomic mass is 10.2. The summed E-state index contributed by atoms with van der Waals surface area (Å²) >= 11 is 0. The van der Waals surface area contributed by atoms with Gasteiger partial charge in [0.15, 0.2) is 0 Å². The minimum atomic E-state index is -0.183. The van der Waals surface area contributed by atoms with Crippen LogP contribution in [0.1, 0.15) is 23.2 Å². The number of nitrogens with zero attached hydrogens (tertiary/aromatic N) is 1. The van der Waals surface area contributed by atoms with E-state index in [0.717, 1.165) is 16.8 Å². The third kappa shape index (κ3) is 5.57. The Balaban J connectivity index is 1.29. The number of hydrogen-bond donors (Lipinski definition) is 3. The van der Waals surface area contributed by atoms with Crippen molar-refractivity contribution in [3.63, 3.8) is 0 Å². The van der Waals surface area contributed by atoms with E-state index in [-0.39, 0.29) is 11.8 Å². The van der Waals surface area contributed by atoms with Gasteiger partial charge in [0.25, 0.3) is 5.91 Å². The number of aromatic nitrogens is 2. The van der Waals surface area contributed by atoms with E-state index in [1.807, 2.05) is 30.3 Å². The van der Waals surface area contributed by atoms with Crippen molar-refractivity contribution < 1.29 is 14.3 Å². The van der Waals surface area contributed by atoms with Crippen LogP contribution in [0.4, 0.5) is 0 Å². The molecule has 0 radical (unpaired) electrons. The number of amides is 2. The number of benzene rings is 2. The van der Waals surface area contributed by atoms with E-state index in [0.29, 0.717) is 38.1 Å². The maximum Gasteiger partial charge on any atom is 0.251 e. The summed E-state index contributed by atoms with van der Waals surface area (Å²) in [5, 5.41) is 5.58. The van der Waals surface area contributed by atoms with Gasteiger partial charge in [-0.05, 0) is 36.8 Å². The summed E-state index contributed by atoms with van der Waals surface area (Å²) in [4.78, 5) is 31.0. The van der Waals surface area contributed by atoms with Crippen molar-refractivity contribution in [2.24, 2.45) is 0 Å². The van der Waals surface area contributed by atoms with Crippen LogP contribution in [-0.4, -0.2) is 41.5 Å². The Kier molecular flexibility index (Phi) is 6.40. The number of imidazole rings is 1. The van der Waals surface area contributed by atoms with Crippen molar-refractivity contribution in [3.05, 3.63) is 60.4 Å². The van der Waals surface area contributed by atoms with Crippen molar-refractivity contribution in [2.75, 3.05) is 19.7 Å². The van der Waals surface area contributed by atoms with Crippen molar-refractivity contribution in [3.8, 4) is 5.75 Å². The lowest BCUT2D eigenvalue weighted by Crippen LogP contribution is -2.34. The first kappa shape index (κ1) is 18.4. The number of hydrogen-bond acceptors (Lipinski definition) is 4. The second-order valence-electron chi connectivity index (χ2n) is 6.01. The number of carbonyl (C=O) groups excluding carboxylic acids is 2. The zero-order valence-corrected chi connectivity index (χ0v) is 14.9. The van der Waals surface area contributed by atoms with Gasteiger partial charge in [-0.3, -0.25) is 9.59 Å². The molecule has 0 fully saturated rings. The third-order valence-electron chi connectivity index (χ3n) is 3.98. The molecule has 7 nitrogen and oxygen atoms in total. The van der Waals surface area contributed by atoms with Crippen molar-refractivity contribution in [2.45, 2.75) is 12.8 Å². The molecule has 27 heavy (non-hydrogen) atoms. The highest BCUT2D eigenvalue weighted by Crippen LogP contribution is 2.11. The van der Waals surface area contributed by atoms with Gasteiger partial charge in [0.1, 0.15) is 5.75 Å². The van der Waals surface area contributed by atoms with E-state index in [1.54, 1.807) is 24.5 Å². The van der Waals surface area contributed by atoms with Crippen LogP contribution in [0.3, 0.4) is 0 Å². The third-order valence-corrected chi connectivity index (χ3v) is 3.98. The second kappa shape index (κ2) is 9.38. The van der Waals surface area contributed by atoms with Gasteiger partial charge in [-0.25, -0.2) is 4.98 Å². The molecule has 2 aromatic carbocycles. The first-order chi connectivity index (χ1) is 13.2. The SMILES string of the molecule is O=C(CCCOc1ccccc1)NCCNC(=O)c1ccc2nc[nH]c2c1. The minimum Gasteiger partial charge on any atom is -0.494 e. The number of carbonyl (C=O) groups is 2. The van der Waals surface area contributed by atoms with Crippen LogP contribution in [0.15, 0.2) is 54.9 Å². The molecule has 1 heterocycles. The molecular formula is C20H22N4O3. The number of nitrogens with one attached hydrogen (secondary N) is 3. The summed E-state index contributed by atoms with van der Waals surface area (Å²) in [6, 6.07) is 14.8. The molecule has 0 bridgehead atoms. The molecule has 7 heteroatoms. The summed E-state index contributed by atoms with van der Waals surface area (Å²) in [6.07, 6.45) is 2.61. The molecule has 0 saturated heterocycles. The molecule has 0 unspecified atom stereocenters. The number of ether oxygens (including phenoxy) is 1. The van der Waals surface area contributed by atoms with Gasteiger partial charge >= 0.3 is 0 Å². The molecule has 0 aliphatic carbocycles. The fourth-order valence-electron chi connectivity index (χ4n) is 2.58. The van der Waals surface area contributed by atoms with Gasteiger partial charge in [0, 0.05) is 25.1 Å². The lowest BCUT2D eigenvalue weighted by Gasteiger charge is -2.08. The number of aromatic amines is 1. The first-order valence-electron chi connectivity index (χ1n) is 8.88.